The highest BCUT2D eigenvalue weighted by atomic mass is 31.2. The first-order chi connectivity index (χ1) is 26.2. The lowest BCUT2D eigenvalue weighted by molar-refractivity contribution is -0.161. The Bertz CT molecular complexity index is 999. The van der Waals surface area contributed by atoms with Crippen molar-refractivity contribution < 1.29 is 47.8 Å². The quantitative estimate of drug-likeness (QED) is 0.0237. The summed E-state index contributed by atoms with van der Waals surface area (Å²) in [6.45, 7) is 2.26. The molecule has 3 N–H and O–H groups in total. The fourth-order valence-corrected chi connectivity index (χ4v) is 6.56. The third kappa shape index (κ3) is 38.5. The van der Waals surface area contributed by atoms with Gasteiger partial charge >= 0.3 is 19.8 Å². The summed E-state index contributed by atoms with van der Waals surface area (Å²) >= 11 is 0. The molecular weight excluding hydrogens is 707 g/mol. The molecule has 0 saturated carbocycles. The number of ether oxygens (including phenoxy) is 2. The summed E-state index contributed by atoms with van der Waals surface area (Å²) in [6, 6.07) is 0. The van der Waals surface area contributed by atoms with Crippen LogP contribution in [0.15, 0.2) is 36.5 Å². The van der Waals surface area contributed by atoms with Gasteiger partial charge in [-0.2, -0.15) is 0 Å². The maximum Gasteiger partial charge on any atom is 0.472 e. The van der Waals surface area contributed by atoms with Crippen LogP contribution in [0.4, 0.5) is 0 Å². The first-order valence-electron chi connectivity index (χ1n) is 21.4. The van der Waals surface area contributed by atoms with E-state index in [4.69, 9.17) is 19.1 Å². The summed E-state index contributed by atoms with van der Waals surface area (Å²) in [6.07, 6.45) is 39.6. The molecule has 0 fully saturated rings. The number of allylic oxidation sites excluding steroid dienone is 6. The normalized spacial score (nSPS) is 14.2. The molecule has 0 aromatic heterocycles. The second-order valence-electron chi connectivity index (χ2n) is 14.3. The minimum atomic E-state index is -4.62. The van der Waals surface area contributed by atoms with Crippen LogP contribution in [-0.4, -0.2) is 65.7 Å². The van der Waals surface area contributed by atoms with Crippen molar-refractivity contribution in [3.05, 3.63) is 36.5 Å². The summed E-state index contributed by atoms with van der Waals surface area (Å²) in [5.74, 6) is -0.940. The maximum atomic E-state index is 12.6. The van der Waals surface area contributed by atoms with Gasteiger partial charge in [-0.15, -0.1) is 0 Å². The van der Waals surface area contributed by atoms with E-state index in [-0.39, 0.29) is 19.4 Å². The lowest BCUT2D eigenvalue weighted by atomic mass is 10.0. The number of phosphoric ester groups is 1. The Morgan fingerprint density at radius 1 is 0.574 bits per heavy atom. The summed E-state index contributed by atoms with van der Waals surface area (Å²) in [7, 11) is -4.62. The van der Waals surface area contributed by atoms with E-state index in [9.17, 15) is 24.2 Å². The van der Waals surface area contributed by atoms with Crippen molar-refractivity contribution in [1.29, 1.82) is 0 Å². The minimum Gasteiger partial charge on any atom is -0.462 e. The molecule has 0 spiro atoms. The lowest BCUT2D eigenvalue weighted by Crippen LogP contribution is -2.29. The first kappa shape index (κ1) is 52.2. The summed E-state index contributed by atoms with van der Waals surface area (Å²) in [5.41, 5.74) is 0. The Morgan fingerprint density at radius 2 is 1.02 bits per heavy atom. The van der Waals surface area contributed by atoms with Crippen molar-refractivity contribution in [2.24, 2.45) is 0 Å². The molecule has 0 amide bonds. The molecule has 0 aliphatic rings. The van der Waals surface area contributed by atoms with E-state index in [1.807, 2.05) is 0 Å². The number of aliphatic hydroxyl groups excluding tert-OH is 2. The largest absolute Gasteiger partial charge is 0.472 e. The van der Waals surface area contributed by atoms with Crippen LogP contribution in [0.1, 0.15) is 187 Å². The van der Waals surface area contributed by atoms with Crippen LogP contribution in [0.3, 0.4) is 0 Å². The third-order valence-corrected chi connectivity index (χ3v) is 10.0. The average molecular weight is 787 g/mol. The van der Waals surface area contributed by atoms with E-state index in [1.54, 1.807) is 0 Å². The van der Waals surface area contributed by atoms with Gasteiger partial charge in [0.2, 0.25) is 0 Å². The van der Waals surface area contributed by atoms with Crippen LogP contribution in [0.5, 0.6) is 0 Å². The predicted octanol–water partition coefficient (Wildman–Crippen LogP) is 11.2. The highest BCUT2D eigenvalue weighted by Gasteiger charge is 2.27. The molecule has 54 heavy (non-hydrogen) atoms. The smallest absolute Gasteiger partial charge is 0.462 e. The zero-order valence-corrected chi connectivity index (χ0v) is 35.1. The number of carbonyl (C=O) groups excluding carboxylic acids is 2. The molecule has 316 valence electrons. The van der Waals surface area contributed by atoms with Gasteiger partial charge in [0, 0.05) is 12.8 Å². The average Bonchev–Trinajstić information content (AvgIpc) is 3.16. The van der Waals surface area contributed by atoms with Gasteiger partial charge in [0.1, 0.15) is 12.7 Å². The lowest BCUT2D eigenvalue weighted by Gasteiger charge is -2.20. The maximum absolute atomic E-state index is 12.6. The monoisotopic (exact) mass is 787 g/mol. The Kier molecular flexibility index (Phi) is 38.1. The van der Waals surface area contributed by atoms with Gasteiger partial charge in [0.15, 0.2) is 6.10 Å². The molecule has 11 heteroatoms. The summed E-state index contributed by atoms with van der Waals surface area (Å²) < 4.78 is 32.7. The third-order valence-electron chi connectivity index (χ3n) is 9.06. The Hall–Kier alpha value is -1.81. The van der Waals surface area contributed by atoms with E-state index >= 15 is 0 Å². The molecule has 0 bridgehead atoms. The zero-order valence-electron chi connectivity index (χ0n) is 34.2. The van der Waals surface area contributed by atoms with Crippen LogP contribution in [-0.2, 0) is 32.7 Å². The Labute approximate surface area is 329 Å². The number of hydrogen-bond donors (Lipinski definition) is 3. The highest BCUT2D eigenvalue weighted by Crippen LogP contribution is 2.43. The number of unbranched alkanes of at least 4 members (excludes halogenated alkanes) is 20. The molecule has 0 aliphatic heterocycles. The van der Waals surface area contributed by atoms with E-state index < -0.39 is 51.8 Å². The van der Waals surface area contributed by atoms with Gasteiger partial charge in [-0.1, -0.05) is 166 Å². The molecule has 0 aliphatic carbocycles. The molecule has 3 atom stereocenters. The van der Waals surface area contributed by atoms with Crippen molar-refractivity contribution in [2.75, 3.05) is 26.4 Å². The molecular formula is C43H79O10P. The molecule has 0 radical (unpaired) electrons. The van der Waals surface area contributed by atoms with Crippen molar-refractivity contribution in [3.8, 4) is 0 Å². The van der Waals surface area contributed by atoms with Gasteiger partial charge in [-0.05, 0) is 44.9 Å². The van der Waals surface area contributed by atoms with Crippen molar-refractivity contribution in [1.82, 2.24) is 0 Å². The van der Waals surface area contributed by atoms with Crippen LogP contribution in [0, 0.1) is 0 Å². The molecule has 0 heterocycles. The van der Waals surface area contributed by atoms with Gasteiger partial charge in [-0.3, -0.25) is 18.6 Å². The number of carbonyl (C=O) groups is 2. The number of aliphatic hydroxyl groups is 2. The second kappa shape index (κ2) is 39.4. The van der Waals surface area contributed by atoms with Crippen LogP contribution in [0.2, 0.25) is 0 Å². The van der Waals surface area contributed by atoms with Gasteiger partial charge in [0.25, 0.3) is 0 Å². The van der Waals surface area contributed by atoms with E-state index in [2.05, 4.69) is 54.8 Å². The fraction of sp³-hybridized carbons (Fsp3) is 0.814. The van der Waals surface area contributed by atoms with Crippen molar-refractivity contribution in [3.63, 3.8) is 0 Å². The van der Waals surface area contributed by atoms with Gasteiger partial charge in [-0.25, -0.2) is 4.57 Å². The number of hydrogen-bond acceptors (Lipinski definition) is 9. The molecule has 0 rings (SSSR count). The number of phosphoric acid groups is 1. The molecule has 1 unspecified atom stereocenters. The SMILES string of the molecule is CC/C=C\C/C=C\C/C=C\CCCCCCCC(=O)O[C@H](COC(=O)CCCCCCCCCCCCCCCCCC)COP(=O)(O)OC[C@@H](O)CO. The molecule has 0 aromatic carbocycles. The second-order valence-corrected chi connectivity index (χ2v) is 15.8. The number of esters is 2. The Morgan fingerprint density at radius 3 is 1.54 bits per heavy atom. The summed E-state index contributed by atoms with van der Waals surface area (Å²) in [5, 5.41) is 18.3. The fourth-order valence-electron chi connectivity index (χ4n) is 5.77. The summed E-state index contributed by atoms with van der Waals surface area (Å²) in [4.78, 5) is 35.0. The van der Waals surface area contributed by atoms with Crippen LogP contribution >= 0.6 is 7.82 Å². The topological polar surface area (TPSA) is 149 Å². The van der Waals surface area contributed by atoms with Crippen molar-refractivity contribution >= 4 is 19.8 Å². The minimum absolute atomic E-state index is 0.166. The molecule has 0 saturated heterocycles. The van der Waals surface area contributed by atoms with E-state index in [0.29, 0.717) is 12.8 Å². The van der Waals surface area contributed by atoms with Crippen LogP contribution < -0.4 is 0 Å². The van der Waals surface area contributed by atoms with E-state index in [1.165, 1.54) is 77.0 Å². The predicted molar refractivity (Wildman–Crippen MR) is 219 cm³/mol. The highest BCUT2D eigenvalue weighted by molar-refractivity contribution is 7.47. The van der Waals surface area contributed by atoms with Gasteiger partial charge in [0.05, 0.1) is 19.8 Å². The first-order valence-corrected chi connectivity index (χ1v) is 22.9. The zero-order chi connectivity index (χ0) is 39.8. The Balaban J connectivity index is 4.30. The van der Waals surface area contributed by atoms with Crippen LogP contribution in [0.25, 0.3) is 0 Å². The molecule has 0 aromatic rings. The van der Waals surface area contributed by atoms with Gasteiger partial charge < -0.3 is 24.6 Å². The van der Waals surface area contributed by atoms with E-state index in [0.717, 1.165) is 70.6 Å². The molecule has 10 nitrogen and oxygen atoms in total. The number of rotatable bonds is 40. The van der Waals surface area contributed by atoms with Crippen molar-refractivity contribution in [2.45, 2.75) is 199 Å². The standard InChI is InChI=1S/C43H79O10P/c1-3-5-7-9-11-13-15-17-19-21-22-24-26-28-30-32-34-42(46)50-38-41(39-52-54(48,49)51-37-40(45)36-44)53-43(47)35-33-31-29-27-25-23-20-18-16-14-12-10-8-6-4-2/h6,8,12,14,18,20,40-41,44-45H,3-5,7,9-11,13,15-17,19,21-39H2,1-2H3,(H,48,49)/b8-6-,14-12-,20-18-/t40-,41+/m0/s1.